The van der Waals surface area contributed by atoms with Crippen LogP contribution in [0.4, 0.5) is 24.5 Å². The summed E-state index contributed by atoms with van der Waals surface area (Å²) in [5, 5.41) is 13.1. The zero-order chi connectivity index (χ0) is 21.9. The van der Waals surface area contributed by atoms with Gasteiger partial charge in [-0.2, -0.15) is 13.2 Å². The lowest BCUT2D eigenvalue weighted by molar-refractivity contribution is -0.385. The number of nitrogens with zero attached hydrogens (tertiary/aromatic N) is 2. The van der Waals surface area contributed by atoms with E-state index in [1.54, 1.807) is 18.2 Å². The van der Waals surface area contributed by atoms with E-state index in [9.17, 15) is 32.9 Å². The van der Waals surface area contributed by atoms with Crippen LogP contribution in [0.15, 0.2) is 71.7 Å². The van der Waals surface area contributed by atoms with Crippen molar-refractivity contribution in [2.45, 2.75) is 12.7 Å². The third-order valence-electron chi connectivity index (χ3n) is 4.19. The number of halogens is 3. The molecule has 7 nitrogen and oxygen atoms in total. The Morgan fingerprint density at radius 3 is 2.40 bits per heavy atom. The number of carbonyl (C=O) groups is 1. The minimum Gasteiger partial charge on any atom is -0.325 e. The standard InChI is InChI=1S/C20H14F3N3O4/c21-20(22,23)17-10-14(6-8-16(17)13-4-2-1-3-5-13)24-18(27)12-25-11-15(26(29)30)7-9-19(25)28/h1-11H,12H2,(H,24,27). The highest BCUT2D eigenvalue weighted by Gasteiger charge is 2.34. The van der Waals surface area contributed by atoms with Crippen molar-refractivity contribution >= 4 is 17.3 Å². The molecule has 30 heavy (non-hydrogen) atoms. The lowest BCUT2D eigenvalue weighted by Crippen LogP contribution is -2.27. The quantitative estimate of drug-likeness (QED) is 0.500. The fourth-order valence-electron chi connectivity index (χ4n) is 2.83. The summed E-state index contributed by atoms with van der Waals surface area (Å²) in [5.41, 5.74) is -1.79. The first-order chi connectivity index (χ1) is 14.1. The van der Waals surface area contributed by atoms with E-state index in [0.29, 0.717) is 5.56 Å². The van der Waals surface area contributed by atoms with Crippen LogP contribution in [-0.4, -0.2) is 15.4 Å². The molecule has 154 valence electrons. The molecule has 0 spiro atoms. The Morgan fingerprint density at radius 2 is 1.77 bits per heavy atom. The number of carbonyl (C=O) groups excluding carboxylic acids is 1. The molecule has 1 heterocycles. The average Bonchev–Trinajstić information content (AvgIpc) is 2.69. The Balaban J connectivity index is 1.87. The number of rotatable bonds is 5. The van der Waals surface area contributed by atoms with Gasteiger partial charge < -0.3 is 5.32 Å². The van der Waals surface area contributed by atoms with Crippen LogP contribution >= 0.6 is 0 Å². The van der Waals surface area contributed by atoms with Crippen molar-refractivity contribution in [2.75, 3.05) is 5.32 Å². The molecule has 2 aromatic carbocycles. The summed E-state index contributed by atoms with van der Waals surface area (Å²) in [6.45, 7) is -0.595. The van der Waals surface area contributed by atoms with Crippen molar-refractivity contribution in [3.05, 3.63) is 92.9 Å². The molecule has 0 unspecified atom stereocenters. The Morgan fingerprint density at radius 1 is 1.07 bits per heavy atom. The van der Waals surface area contributed by atoms with E-state index in [1.165, 1.54) is 24.3 Å². The number of hydrogen-bond donors (Lipinski definition) is 1. The van der Waals surface area contributed by atoms with E-state index in [2.05, 4.69) is 5.32 Å². The average molecular weight is 417 g/mol. The van der Waals surface area contributed by atoms with Gasteiger partial charge in [-0.25, -0.2) is 0 Å². The molecule has 0 saturated heterocycles. The number of nitrogens with one attached hydrogen (secondary N) is 1. The molecule has 10 heteroatoms. The fraction of sp³-hybridized carbons (Fsp3) is 0.100. The van der Waals surface area contributed by atoms with Gasteiger partial charge in [0, 0.05) is 17.8 Å². The monoisotopic (exact) mass is 417 g/mol. The fourth-order valence-corrected chi connectivity index (χ4v) is 2.83. The molecule has 0 aliphatic carbocycles. The van der Waals surface area contributed by atoms with Gasteiger partial charge in [0.2, 0.25) is 5.91 Å². The van der Waals surface area contributed by atoms with E-state index in [-0.39, 0.29) is 11.3 Å². The molecule has 3 aromatic rings. The third-order valence-corrected chi connectivity index (χ3v) is 4.19. The van der Waals surface area contributed by atoms with Crippen LogP contribution in [0, 0.1) is 10.1 Å². The largest absolute Gasteiger partial charge is 0.417 e. The highest BCUT2D eigenvalue weighted by Crippen LogP contribution is 2.38. The van der Waals surface area contributed by atoms with Gasteiger partial charge in [0.15, 0.2) is 0 Å². The third kappa shape index (κ3) is 4.72. The first-order valence-electron chi connectivity index (χ1n) is 8.56. The van der Waals surface area contributed by atoms with Gasteiger partial charge in [-0.05, 0) is 23.3 Å². The molecule has 0 saturated carbocycles. The van der Waals surface area contributed by atoms with Crippen LogP contribution in [0.25, 0.3) is 11.1 Å². The summed E-state index contributed by atoms with van der Waals surface area (Å²) >= 11 is 0. The number of aromatic nitrogens is 1. The first kappa shape index (κ1) is 20.8. The van der Waals surface area contributed by atoms with Crippen LogP contribution in [-0.2, 0) is 17.5 Å². The van der Waals surface area contributed by atoms with Crippen molar-refractivity contribution < 1.29 is 22.9 Å². The maximum Gasteiger partial charge on any atom is 0.417 e. The number of hydrogen-bond acceptors (Lipinski definition) is 4. The van der Waals surface area contributed by atoms with E-state index in [4.69, 9.17) is 0 Å². The maximum atomic E-state index is 13.5. The van der Waals surface area contributed by atoms with Gasteiger partial charge in [0.05, 0.1) is 16.7 Å². The van der Waals surface area contributed by atoms with Crippen molar-refractivity contribution in [1.29, 1.82) is 0 Å². The number of anilines is 1. The molecule has 1 N–H and O–H groups in total. The molecule has 0 fully saturated rings. The highest BCUT2D eigenvalue weighted by molar-refractivity contribution is 5.91. The van der Waals surface area contributed by atoms with Crippen LogP contribution in [0.2, 0.25) is 0 Å². The van der Waals surface area contributed by atoms with Crippen molar-refractivity contribution in [1.82, 2.24) is 4.57 Å². The molecule has 0 atom stereocenters. The summed E-state index contributed by atoms with van der Waals surface area (Å²) < 4.78 is 41.5. The SMILES string of the molecule is O=C(Cn1cc([N+](=O)[O-])ccc1=O)Nc1ccc(-c2ccccc2)c(C(F)(F)F)c1. The second-order valence-electron chi connectivity index (χ2n) is 6.28. The van der Waals surface area contributed by atoms with E-state index < -0.39 is 40.4 Å². The van der Waals surface area contributed by atoms with Crippen molar-refractivity contribution in [3.8, 4) is 11.1 Å². The molecule has 0 aliphatic heterocycles. The van der Waals surface area contributed by atoms with Gasteiger partial charge in [0.1, 0.15) is 6.54 Å². The van der Waals surface area contributed by atoms with Gasteiger partial charge in [-0.1, -0.05) is 36.4 Å². The predicted molar refractivity (Wildman–Crippen MR) is 103 cm³/mol. The summed E-state index contributed by atoms with van der Waals surface area (Å²) in [5.74, 6) is -0.807. The lowest BCUT2D eigenvalue weighted by atomic mass is 9.98. The number of pyridine rings is 1. The summed E-state index contributed by atoms with van der Waals surface area (Å²) in [6, 6.07) is 13.3. The topological polar surface area (TPSA) is 94.2 Å². The Labute approximate surface area is 167 Å². The van der Waals surface area contributed by atoms with E-state index in [0.717, 1.165) is 29.0 Å². The Kier molecular flexibility index (Phi) is 5.67. The minimum atomic E-state index is -4.66. The van der Waals surface area contributed by atoms with Crippen LogP contribution < -0.4 is 10.9 Å². The van der Waals surface area contributed by atoms with Crippen LogP contribution in [0.3, 0.4) is 0 Å². The number of amides is 1. The number of alkyl halides is 3. The van der Waals surface area contributed by atoms with Gasteiger partial charge in [-0.15, -0.1) is 0 Å². The second kappa shape index (κ2) is 8.19. The van der Waals surface area contributed by atoms with Crippen molar-refractivity contribution in [3.63, 3.8) is 0 Å². The molecule has 1 amide bonds. The summed E-state index contributed by atoms with van der Waals surface area (Å²) in [6.07, 6.45) is -3.77. The first-order valence-corrected chi connectivity index (χ1v) is 8.56. The number of nitro groups is 1. The molecule has 3 rings (SSSR count). The summed E-state index contributed by atoms with van der Waals surface area (Å²) in [7, 11) is 0. The lowest BCUT2D eigenvalue weighted by Gasteiger charge is -2.15. The Hall–Kier alpha value is -3.95. The zero-order valence-corrected chi connectivity index (χ0v) is 15.2. The van der Waals surface area contributed by atoms with E-state index in [1.807, 2.05) is 0 Å². The van der Waals surface area contributed by atoms with Gasteiger partial charge in [-0.3, -0.25) is 24.3 Å². The maximum absolute atomic E-state index is 13.5. The summed E-state index contributed by atoms with van der Waals surface area (Å²) in [4.78, 5) is 34.1. The zero-order valence-electron chi connectivity index (χ0n) is 15.2. The number of benzene rings is 2. The smallest absolute Gasteiger partial charge is 0.325 e. The normalized spacial score (nSPS) is 11.2. The molecule has 0 radical (unpaired) electrons. The highest BCUT2D eigenvalue weighted by atomic mass is 19.4. The van der Waals surface area contributed by atoms with E-state index >= 15 is 0 Å². The molecular weight excluding hydrogens is 403 g/mol. The molecular formula is C20H14F3N3O4. The molecule has 0 aliphatic rings. The van der Waals surface area contributed by atoms with Gasteiger partial charge >= 0.3 is 6.18 Å². The Bertz CT molecular complexity index is 1160. The predicted octanol–water partition coefficient (Wildman–Crippen LogP) is 4.08. The molecule has 0 bridgehead atoms. The minimum absolute atomic E-state index is 0.0454. The van der Waals surface area contributed by atoms with Crippen molar-refractivity contribution in [2.24, 2.45) is 0 Å². The van der Waals surface area contributed by atoms with Crippen LogP contribution in [0.1, 0.15) is 5.56 Å². The molecule has 1 aromatic heterocycles. The van der Waals surface area contributed by atoms with Gasteiger partial charge in [0.25, 0.3) is 11.2 Å². The second-order valence-corrected chi connectivity index (χ2v) is 6.28. The van der Waals surface area contributed by atoms with Crippen LogP contribution in [0.5, 0.6) is 0 Å².